The fourth-order valence-corrected chi connectivity index (χ4v) is 2.10. The van der Waals surface area contributed by atoms with Crippen LogP contribution in [0.4, 0.5) is 0 Å². The molecule has 1 aliphatic heterocycles. The average molecular weight is 214 g/mol. The third-order valence-corrected chi connectivity index (χ3v) is 2.84. The summed E-state index contributed by atoms with van der Waals surface area (Å²) in [5.74, 6) is 1.10. The van der Waals surface area contributed by atoms with Gasteiger partial charge in [-0.1, -0.05) is 5.16 Å². The number of hydrogen-bond donors (Lipinski definition) is 2. The lowest BCUT2D eigenvalue weighted by molar-refractivity contribution is 0.177. The van der Waals surface area contributed by atoms with Gasteiger partial charge in [-0.05, 0) is 45.9 Å². The molecule has 5 nitrogen and oxygen atoms in total. The monoisotopic (exact) mass is 214 g/mol. The molecular formula is C10H22N4O. The highest BCUT2D eigenvalue weighted by molar-refractivity contribution is 5.81. The van der Waals surface area contributed by atoms with Crippen molar-refractivity contribution in [3.63, 3.8) is 0 Å². The maximum absolute atomic E-state index is 8.47. The van der Waals surface area contributed by atoms with Crippen molar-refractivity contribution < 1.29 is 5.21 Å². The molecule has 0 bridgehead atoms. The molecule has 88 valence electrons. The zero-order valence-corrected chi connectivity index (χ0v) is 9.69. The van der Waals surface area contributed by atoms with E-state index in [2.05, 4.69) is 29.1 Å². The molecule has 0 radical (unpaired) electrons. The SMILES string of the molecule is CN(C)CC1CCN(CC(N)=NO)CC1. The molecule has 0 aliphatic carbocycles. The molecule has 1 heterocycles. The standard InChI is InChI=1S/C10H22N4O/c1-13(2)7-9-3-5-14(6-4-9)8-10(11)12-15/h9,15H,3-8H2,1-2H3,(H2,11,12). The van der Waals surface area contributed by atoms with Gasteiger partial charge in [-0.25, -0.2) is 0 Å². The van der Waals surface area contributed by atoms with Crippen LogP contribution in [0.3, 0.4) is 0 Å². The van der Waals surface area contributed by atoms with Gasteiger partial charge in [0.05, 0.1) is 6.54 Å². The lowest BCUT2D eigenvalue weighted by Crippen LogP contribution is -2.41. The van der Waals surface area contributed by atoms with E-state index in [1.165, 1.54) is 12.8 Å². The smallest absolute Gasteiger partial charge is 0.153 e. The normalized spacial score (nSPS) is 21.1. The Morgan fingerprint density at radius 3 is 2.53 bits per heavy atom. The third kappa shape index (κ3) is 4.48. The van der Waals surface area contributed by atoms with Crippen LogP contribution < -0.4 is 5.73 Å². The van der Waals surface area contributed by atoms with Crippen molar-refractivity contribution in [2.45, 2.75) is 12.8 Å². The highest BCUT2D eigenvalue weighted by atomic mass is 16.4. The fourth-order valence-electron chi connectivity index (χ4n) is 2.10. The Morgan fingerprint density at radius 1 is 1.47 bits per heavy atom. The van der Waals surface area contributed by atoms with Crippen molar-refractivity contribution >= 4 is 5.84 Å². The Labute approximate surface area is 91.5 Å². The summed E-state index contributed by atoms with van der Waals surface area (Å²) in [6.07, 6.45) is 2.41. The van der Waals surface area contributed by atoms with Crippen molar-refractivity contribution in [2.75, 3.05) is 40.3 Å². The van der Waals surface area contributed by atoms with Crippen LogP contribution in [0, 0.1) is 5.92 Å². The van der Waals surface area contributed by atoms with E-state index in [0.717, 1.165) is 25.6 Å². The van der Waals surface area contributed by atoms with Crippen LogP contribution in [0.1, 0.15) is 12.8 Å². The number of oxime groups is 1. The minimum Gasteiger partial charge on any atom is -0.409 e. The van der Waals surface area contributed by atoms with Gasteiger partial charge in [0.15, 0.2) is 5.84 Å². The minimum atomic E-state index is 0.307. The molecular weight excluding hydrogens is 192 g/mol. The van der Waals surface area contributed by atoms with Gasteiger partial charge < -0.3 is 15.8 Å². The topological polar surface area (TPSA) is 65.1 Å². The molecule has 1 fully saturated rings. The van der Waals surface area contributed by atoms with E-state index in [0.29, 0.717) is 12.4 Å². The van der Waals surface area contributed by atoms with Crippen LogP contribution in [0.15, 0.2) is 5.16 Å². The molecule has 5 heteroatoms. The number of nitrogens with zero attached hydrogens (tertiary/aromatic N) is 3. The van der Waals surface area contributed by atoms with Gasteiger partial charge in [-0.2, -0.15) is 0 Å². The van der Waals surface area contributed by atoms with Gasteiger partial charge in [0, 0.05) is 6.54 Å². The lowest BCUT2D eigenvalue weighted by atomic mass is 9.96. The Bertz CT molecular complexity index is 209. The van der Waals surface area contributed by atoms with Crippen molar-refractivity contribution in [3.05, 3.63) is 0 Å². The summed E-state index contributed by atoms with van der Waals surface area (Å²) >= 11 is 0. The van der Waals surface area contributed by atoms with Crippen molar-refractivity contribution in [3.8, 4) is 0 Å². The second-order valence-electron chi connectivity index (χ2n) is 4.57. The molecule has 0 aromatic rings. The van der Waals surface area contributed by atoms with Gasteiger partial charge in [0.1, 0.15) is 0 Å². The van der Waals surface area contributed by atoms with E-state index in [-0.39, 0.29) is 0 Å². The van der Waals surface area contributed by atoms with Crippen LogP contribution in [0.5, 0.6) is 0 Å². The van der Waals surface area contributed by atoms with E-state index >= 15 is 0 Å². The molecule has 0 aromatic heterocycles. The van der Waals surface area contributed by atoms with Crippen LogP contribution in [-0.2, 0) is 0 Å². The average Bonchev–Trinajstić information content (AvgIpc) is 2.20. The fraction of sp³-hybridized carbons (Fsp3) is 0.900. The third-order valence-electron chi connectivity index (χ3n) is 2.84. The Hall–Kier alpha value is -0.810. The largest absolute Gasteiger partial charge is 0.409 e. The first-order valence-corrected chi connectivity index (χ1v) is 5.45. The van der Waals surface area contributed by atoms with E-state index < -0.39 is 0 Å². The zero-order chi connectivity index (χ0) is 11.3. The number of rotatable bonds is 4. The van der Waals surface area contributed by atoms with E-state index in [9.17, 15) is 0 Å². The lowest BCUT2D eigenvalue weighted by Gasteiger charge is -2.32. The minimum absolute atomic E-state index is 0.307. The molecule has 1 saturated heterocycles. The van der Waals surface area contributed by atoms with Crippen LogP contribution in [0.25, 0.3) is 0 Å². The summed E-state index contributed by atoms with van der Waals surface area (Å²) in [7, 11) is 4.23. The maximum atomic E-state index is 8.47. The predicted octanol–water partition coefficient (Wildman–Crippen LogP) is 0.00640. The molecule has 15 heavy (non-hydrogen) atoms. The van der Waals surface area contributed by atoms with Gasteiger partial charge >= 0.3 is 0 Å². The highest BCUT2D eigenvalue weighted by Gasteiger charge is 2.19. The van der Waals surface area contributed by atoms with Crippen molar-refractivity contribution in [2.24, 2.45) is 16.8 Å². The second kappa shape index (κ2) is 5.92. The molecule has 1 rings (SSSR count). The number of nitrogens with two attached hydrogens (primary N) is 1. The number of piperidine rings is 1. The summed E-state index contributed by atoms with van der Waals surface area (Å²) in [4.78, 5) is 4.48. The van der Waals surface area contributed by atoms with Gasteiger partial charge in [-0.15, -0.1) is 0 Å². The molecule has 0 amide bonds. The highest BCUT2D eigenvalue weighted by Crippen LogP contribution is 2.17. The van der Waals surface area contributed by atoms with Gasteiger partial charge in [-0.3, -0.25) is 4.90 Å². The van der Waals surface area contributed by atoms with Crippen LogP contribution in [0.2, 0.25) is 0 Å². The Kier molecular flexibility index (Phi) is 4.84. The van der Waals surface area contributed by atoms with Crippen LogP contribution >= 0.6 is 0 Å². The van der Waals surface area contributed by atoms with Crippen LogP contribution in [-0.4, -0.2) is 61.1 Å². The zero-order valence-electron chi connectivity index (χ0n) is 9.69. The van der Waals surface area contributed by atoms with E-state index in [1.807, 2.05) is 0 Å². The van der Waals surface area contributed by atoms with Gasteiger partial charge in [0.2, 0.25) is 0 Å². The molecule has 0 saturated carbocycles. The number of amidine groups is 1. The first-order valence-electron chi connectivity index (χ1n) is 5.45. The van der Waals surface area contributed by atoms with Gasteiger partial charge in [0.25, 0.3) is 0 Å². The molecule has 0 unspecified atom stereocenters. The molecule has 0 atom stereocenters. The molecule has 1 aliphatic rings. The van der Waals surface area contributed by atoms with E-state index in [1.54, 1.807) is 0 Å². The van der Waals surface area contributed by atoms with Crippen molar-refractivity contribution in [1.82, 2.24) is 9.80 Å². The summed E-state index contributed by atoms with van der Waals surface area (Å²) in [6, 6.07) is 0. The Balaban J connectivity index is 2.24. The summed E-state index contributed by atoms with van der Waals surface area (Å²) in [5, 5.41) is 11.5. The molecule has 0 spiro atoms. The number of likely N-dealkylation sites (tertiary alicyclic amines) is 1. The predicted molar refractivity (Wildman–Crippen MR) is 61.1 cm³/mol. The summed E-state index contributed by atoms with van der Waals surface area (Å²) < 4.78 is 0. The first kappa shape index (κ1) is 12.3. The number of hydrogen-bond acceptors (Lipinski definition) is 4. The summed E-state index contributed by atoms with van der Waals surface area (Å²) in [6.45, 7) is 3.85. The maximum Gasteiger partial charge on any atom is 0.153 e. The Morgan fingerprint density at radius 2 is 2.07 bits per heavy atom. The quantitative estimate of drug-likeness (QED) is 0.299. The summed E-state index contributed by atoms with van der Waals surface area (Å²) in [5.41, 5.74) is 5.47. The van der Waals surface area contributed by atoms with E-state index in [4.69, 9.17) is 10.9 Å². The molecule has 3 N–H and O–H groups in total. The van der Waals surface area contributed by atoms with Crippen molar-refractivity contribution in [1.29, 1.82) is 0 Å². The molecule has 0 aromatic carbocycles. The second-order valence-corrected chi connectivity index (χ2v) is 4.57. The first-order chi connectivity index (χ1) is 7.11.